The summed E-state index contributed by atoms with van der Waals surface area (Å²) in [5.74, 6) is -0.188. The van der Waals surface area contributed by atoms with Crippen LogP contribution in [-0.2, 0) is 17.8 Å². The van der Waals surface area contributed by atoms with Crippen LogP contribution in [0.2, 0.25) is 0 Å². The number of aromatic nitrogens is 2. The number of hydrogen-bond donors (Lipinski definition) is 2. The number of amides is 1. The van der Waals surface area contributed by atoms with Crippen molar-refractivity contribution < 1.29 is 9.69 Å². The first-order valence-corrected chi connectivity index (χ1v) is 10.2. The second kappa shape index (κ2) is 9.98. The number of nitrogens with zero attached hydrogens (tertiary/aromatic N) is 2. The summed E-state index contributed by atoms with van der Waals surface area (Å²) in [4.78, 5) is 26.7. The van der Waals surface area contributed by atoms with Gasteiger partial charge in [0.2, 0.25) is 5.91 Å². The van der Waals surface area contributed by atoms with Crippen LogP contribution in [0.4, 0.5) is 0 Å². The molecule has 3 rings (SSSR count). The van der Waals surface area contributed by atoms with E-state index in [1.807, 2.05) is 48.5 Å². The zero-order valence-electron chi connectivity index (χ0n) is 17.1. The highest BCUT2D eigenvalue weighted by Crippen LogP contribution is 2.16. The highest BCUT2D eigenvalue weighted by Gasteiger charge is 2.13. The quantitative estimate of drug-likeness (QED) is 0.571. The third-order valence-electron chi connectivity index (χ3n) is 5.25. The summed E-state index contributed by atoms with van der Waals surface area (Å²) in [6, 6.07) is 17.5. The Balaban J connectivity index is 1.81. The molecule has 0 aliphatic rings. The average Bonchev–Trinajstić information content (AvgIpc) is 2.75. The van der Waals surface area contributed by atoms with Crippen LogP contribution >= 0.6 is 0 Å². The van der Waals surface area contributed by atoms with E-state index in [9.17, 15) is 9.59 Å². The van der Waals surface area contributed by atoms with Crippen LogP contribution in [0.1, 0.15) is 25.1 Å². The van der Waals surface area contributed by atoms with E-state index in [2.05, 4.69) is 24.3 Å². The fourth-order valence-electron chi connectivity index (χ4n) is 3.51. The van der Waals surface area contributed by atoms with E-state index in [0.29, 0.717) is 18.4 Å². The topological polar surface area (TPSA) is 68.4 Å². The number of benzene rings is 2. The van der Waals surface area contributed by atoms with Crippen LogP contribution in [0.15, 0.2) is 59.4 Å². The molecule has 2 N–H and O–H groups in total. The van der Waals surface area contributed by atoms with E-state index in [4.69, 9.17) is 0 Å². The van der Waals surface area contributed by atoms with Crippen molar-refractivity contribution in [1.82, 2.24) is 15.1 Å². The van der Waals surface area contributed by atoms with Crippen molar-refractivity contribution in [2.45, 2.75) is 26.8 Å². The number of carbonyl (C=O) groups is 1. The van der Waals surface area contributed by atoms with Crippen LogP contribution in [0, 0.1) is 0 Å². The highest BCUT2D eigenvalue weighted by atomic mass is 16.2. The molecule has 6 heteroatoms. The highest BCUT2D eigenvalue weighted by molar-refractivity contribution is 5.84. The molecule has 3 aromatic rings. The Morgan fingerprint density at radius 3 is 2.34 bits per heavy atom. The molecule has 29 heavy (non-hydrogen) atoms. The average molecular weight is 394 g/mol. The van der Waals surface area contributed by atoms with Crippen LogP contribution < -0.4 is 15.8 Å². The fourth-order valence-corrected chi connectivity index (χ4v) is 3.51. The SMILES string of the molecule is CC[NH+](CC)CCNC(=O)Cn1nc(Cc2ccccc2)c2ccccc2c1=O. The molecule has 6 nitrogen and oxygen atoms in total. The summed E-state index contributed by atoms with van der Waals surface area (Å²) in [6.45, 7) is 7.72. The third kappa shape index (κ3) is 5.29. The molecule has 0 aliphatic heterocycles. The van der Waals surface area contributed by atoms with Crippen molar-refractivity contribution >= 4 is 16.7 Å². The summed E-state index contributed by atoms with van der Waals surface area (Å²) in [5, 5.41) is 8.89. The minimum absolute atomic E-state index is 0.0704. The molecule has 0 spiro atoms. The third-order valence-corrected chi connectivity index (χ3v) is 5.25. The molecule has 1 aromatic heterocycles. The van der Waals surface area contributed by atoms with Gasteiger partial charge in [-0.25, -0.2) is 4.68 Å². The zero-order chi connectivity index (χ0) is 20.6. The predicted molar refractivity (Wildman–Crippen MR) is 115 cm³/mol. The van der Waals surface area contributed by atoms with Gasteiger partial charge in [-0.2, -0.15) is 5.10 Å². The Kier molecular flexibility index (Phi) is 7.14. The Hall–Kier alpha value is -2.99. The van der Waals surface area contributed by atoms with Gasteiger partial charge in [-0.05, 0) is 25.5 Å². The van der Waals surface area contributed by atoms with Crippen molar-refractivity contribution in [2.75, 3.05) is 26.2 Å². The standard InChI is InChI=1S/C23H28N4O2/c1-3-26(4-2)15-14-24-22(28)17-27-23(29)20-13-9-8-12-19(20)21(25-27)16-18-10-6-5-7-11-18/h5-13H,3-4,14-17H2,1-2H3,(H,24,28)/p+1. The van der Waals surface area contributed by atoms with Crippen molar-refractivity contribution in [2.24, 2.45) is 0 Å². The molecule has 0 unspecified atom stereocenters. The molecule has 0 fully saturated rings. The molecule has 0 radical (unpaired) electrons. The van der Waals surface area contributed by atoms with E-state index < -0.39 is 0 Å². The number of hydrogen-bond acceptors (Lipinski definition) is 3. The minimum Gasteiger partial charge on any atom is -0.349 e. The molecular formula is C23H29N4O2+. The van der Waals surface area contributed by atoms with Gasteiger partial charge in [0.05, 0.1) is 37.3 Å². The van der Waals surface area contributed by atoms with Crippen molar-refractivity contribution in [1.29, 1.82) is 0 Å². The molecule has 0 atom stereocenters. The van der Waals surface area contributed by atoms with E-state index in [1.165, 1.54) is 9.58 Å². The maximum Gasteiger partial charge on any atom is 0.275 e. The molecular weight excluding hydrogens is 364 g/mol. The lowest BCUT2D eigenvalue weighted by atomic mass is 10.0. The lowest BCUT2D eigenvalue weighted by Gasteiger charge is -2.16. The summed E-state index contributed by atoms with van der Waals surface area (Å²) < 4.78 is 1.29. The van der Waals surface area contributed by atoms with Crippen molar-refractivity contribution in [3.8, 4) is 0 Å². The minimum atomic E-state index is -0.234. The summed E-state index contributed by atoms with van der Waals surface area (Å²) >= 11 is 0. The Labute approximate surface area is 171 Å². The Morgan fingerprint density at radius 2 is 1.66 bits per heavy atom. The van der Waals surface area contributed by atoms with Crippen LogP contribution in [-0.4, -0.2) is 41.9 Å². The Morgan fingerprint density at radius 1 is 1.00 bits per heavy atom. The number of carbonyl (C=O) groups excluding carboxylic acids is 1. The van der Waals surface area contributed by atoms with E-state index >= 15 is 0 Å². The van der Waals surface area contributed by atoms with E-state index in [-0.39, 0.29) is 18.0 Å². The molecule has 1 amide bonds. The summed E-state index contributed by atoms with van der Waals surface area (Å²) in [7, 11) is 0. The first-order chi connectivity index (χ1) is 14.1. The zero-order valence-corrected chi connectivity index (χ0v) is 17.1. The molecule has 1 heterocycles. The van der Waals surface area contributed by atoms with Gasteiger partial charge in [-0.3, -0.25) is 9.59 Å². The number of likely N-dealkylation sites (N-methyl/N-ethyl adjacent to an activating group) is 1. The number of quaternary nitrogens is 1. The monoisotopic (exact) mass is 393 g/mol. The smallest absolute Gasteiger partial charge is 0.275 e. The van der Waals surface area contributed by atoms with Crippen LogP contribution in [0.25, 0.3) is 10.8 Å². The predicted octanol–water partition coefficient (Wildman–Crippen LogP) is 1.03. The van der Waals surface area contributed by atoms with Gasteiger partial charge in [-0.15, -0.1) is 0 Å². The lowest BCUT2D eigenvalue weighted by Crippen LogP contribution is -3.12. The molecule has 0 saturated heterocycles. The second-order valence-electron chi connectivity index (χ2n) is 7.17. The number of rotatable bonds is 9. The Bertz CT molecular complexity index is 1010. The molecule has 0 aliphatic carbocycles. The van der Waals surface area contributed by atoms with Gasteiger partial charge in [0.1, 0.15) is 6.54 Å². The first kappa shape index (κ1) is 20.7. The first-order valence-electron chi connectivity index (χ1n) is 10.2. The van der Waals surface area contributed by atoms with Crippen molar-refractivity contribution in [3.05, 3.63) is 76.2 Å². The van der Waals surface area contributed by atoms with Crippen LogP contribution in [0.3, 0.4) is 0 Å². The maximum absolute atomic E-state index is 12.9. The van der Waals surface area contributed by atoms with Gasteiger partial charge < -0.3 is 10.2 Å². The normalized spacial score (nSPS) is 11.1. The molecule has 0 bridgehead atoms. The molecule has 152 valence electrons. The fraction of sp³-hybridized carbons (Fsp3) is 0.348. The largest absolute Gasteiger partial charge is 0.349 e. The van der Waals surface area contributed by atoms with E-state index in [1.54, 1.807) is 6.07 Å². The van der Waals surface area contributed by atoms with Gasteiger partial charge >= 0.3 is 0 Å². The van der Waals surface area contributed by atoms with Gasteiger partial charge in [0.25, 0.3) is 5.56 Å². The van der Waals surface area contributed by atoms with Crippen LogP contribution in [0.5, 0.6) is 0 Å². The van der Waals surface area contributed by atoms with Gasteiger partial charge in [0.15, 0.2) is 0 Å². The summed E-state index contributed by atoms with van der Waals surface area (Å²) in [6.07, 6.45) is 0.606. The second-order valence-corrected chi connectivity index (χ2v) is 7.17. The van der Waals surface area contributed by atoms with E-state index in [0.717, 1.165) is 36.3 Å². The maximum atomic E-state index is 12.9. The number of nitrogens with one attached hydrogen (secondary N) is 2. The number of fused-ring (bicyclic) bond motifs is 1. The summed E-state index contributed by atoms with van der Waals surface area (Å²) in [5.41, 5.74) is 1.68. The van der Waals surface area contributed by atoms with Gasteiger partial charge in [-0.1, -0.05) is 48.5 Å². The van der Waals surface area contributed by atoms with Crippen molar-refractivity contribution in [3.63, 3.8) is 0 Å². The molecule has 2 aromatic carbocycles. The van der Waals surface area contributed by atoms with Gasteiger partial charge in [0, 0.05) is 11.8 Å². The lowest BCUT2D eigenvalue weighted by molar-refractivity contribution is -0.895. The molecule has 0 saturated carbocycles.